The highest BCUT2D eigenvalue weighted by molar-refractivity contribution is 7.92. The number of methoxy groups -OCH3 is 1. The maximum Gasteiger partial charge on any atom is 0.264 e. The summed E-state index contributed by atoms with van der Waals surface area (Å²) in [7, 11) is -2.51. The van der Waals surface area contributed by atoms with Crippen LogP contribution in [0, 0.1) is 6.92 Å². The Morgan fingerprint density at radius 3 is 2.05 bits per heavy atom. The Labute approximate surface area is 225 Å². The van der Waals surface area contributed by atoms with Gasteiger partial charge in [-0.25, -0.2) is 8.42 Å². The second-order valence-corrected chi connectivity index (χ2v) is 11.2. The number of anilines is 1. The fourth-order valence-electron chi connectivity index (χ4n) is 3.87. The SMILES string of the molecule is COc1ccc(CN(C(=O)CN(c2ccc(C)cc2)S(=O)(=O)c2ccccc2)C(C)C(=O)NC(C)C)cc1. The van der Waals surface area contributed by atoms with Gasteiger partial charge in [0.15, 0.2) is 0 Å². The van der Waals surface area contributed by atoms with Crippen molar-refractivity contribution in [1.82, 2.24) is 10.2 Å². The Bertz CT molecular complexity index is 1320. The summed E-state index contributed by atoms with van der Waals surface area (Å²) in [4.78, 5) is 28.3. The first kappa shape index (κ1) is 28.7. The maximum atomic E-state index is 13.8. The number of nitrogens with zero attached hydrogens (tertiary/aromatic N) is 2. The van der Waals surface area contributed by atoms with Crippen molar-refractivity contribution in [2.24, 2.45) is 0 Å². The number of hydrogen-bond acceptors (Lipinski definition) is 5. The number of amides is 2. The van der Waals surface area contributed by atoms with Crippen LogP contribution in [0.15, 0.2) is 83.8 Å². The van der Waals surface area contributed by atoms with E-state index in [0.717, 1.165) is 15.4 Å². The first-order valence-corrected chi connectivity index (χ1v) is 13.8. The molecule has 1 unspecified atom stereocenters. The van der Waals surface area contributed by atoms with Crippen molar-refractivity contribution in [2.45, 2.75) is 51.2 Å². The number of aryl methyl sites for hydroxylation is 1. The predicted octanol–water partition coefficient (Wildman–Crippen LogP) is 4.14. The minimum absolute atomic E-state index is 0.0701. The highest BCUT2D eigenvalue weighted by Gasteiger charge is 2.32. The van der Waals surface area contributed by atoms with Gasteiger partial charge in [-0.2, -0.15) is 0 Å². The molecule has 0 spiro atoms. The molecular weight excluding hydrogens is 502 g/mol. The Morgan fingerprint density at radius 1 is 0.895 bits per heavy atom. The second kappa shape index (κ2) is 12.6. The van der Waals surface area contributed by atoms with E-state index in [4.69, 9.17) is 4.74 Å². The van der Waals surface area contributed by atoms with Crippen LogP contribution in [0.2, 0.25) is 0 Å². The zero-order chi connectivity index (χ0) is 27.9. The topological polar surface area (TPSA) is 96.0 Å². The van der Waals surface area contributed by atoms with Gasteiger partial charge >= 0.3 is 0 Å². The third-order valence-corrected chi connectivity index (χ3v) is 7.83. The summed E-state index contributed by atoms with van der Waals surface area (Å²) in [5, 5.41) is 2.84. The predicted molar refractivity (Wildman–Crippen MR) is 148 cm³/mol. The fraction of sp³-hybridized carbons (Fsp3) is 0.310. The lowest BCUT2D eigenvalue weighted by atomic mass is 10.1. The van der Waals surface area contributed by atoms with Gasteiger partial charge in [0.05, 0.1) is 17.7 Å². The van der Waals surface area contributed by atoms with Gasteiger partial charge in [0, 0.05) is 12.6 Å². The van der Waals surface area contributed by atoms with Gasteiger partial charge in [-0.3, -0.25) is 13.9 Å². The highest BCUT2D eigenvalue weighted by Crippen LogP contribution is 2.25. The average Bonchev–Trinajstić information content (AvgIpc) is 2.90. The molecule has 8 nitrogen and oxygen atoms in total. The molecule has 3 rings (SSSR count). The molecule has 1 N–H and O–H groups in total. The average molecular weight is 538 g/mol. The van der Waals surface area contributed by atoms with Crippen molar-refractivity contribution in [3.05, 3.63) is 90.0 Å². The van der Waals surface area contributed by atoms with Crippen molar-refractivity contribution in [3.63, 3.8) is 0 Å². The summed E-state index contributed by atoms with van der Waals surface area (Å²) < 4.78 is 33.7. The second-order valence-electron chi connectivity index (χ2n) is 9.37. The van der Waals surface area contributed by atoms with Gasteiger partial charge in [-0.15, -0.1) is 0 Å². The zero-order valence-corrected chi connectivity index (χ0v) is 23.2. The van der Waals surface area contributed by atoms with E-state index in [1.54, 1.807) is 68.6 Å². The van der Waals surface area contributed by atoms with Crippen LogP contribution in [0.3, 0.4) is 0 Å². The molecule has 0 fully saturated rings. The van der Waals surface area contributed by atoms with Crippen molar-refractivity contribution < 1.29 is 22.7 Å². The van der Waals surface area contributed by atoms with Gasteiger partial charge in [-0.05, 0) is 69.7 Å². The third-order valence-electron chi connectivity index (χ3n) is 6.04. The maximum absolute atomic E-state index is 13.8. The molecule has 2 amide bonds. The number of rotatable bonds is 11. The number of nitrogens with one attached hydrogen (secondary N) is 1. The van der Waals surface area contributed by atoms with Gasteiger partial charge in [0.2, 0.25) is 11.8 Å². The lowest BCUT2D eigenvalue weighted by Gasteiger charge is -2.32. The number of carbonyl (C=O) groups excluding carboxylic acids is 2. The summed E-state index contributed by atoms with van der Waals surface area (Å²) in [6.45, 7) is 6.85. The van der Waals surface area contributed by atoms with Crippen molar-refractivity contribution in [2.75, 3.05) is 18.0 Å². The minimum Gasteiger partial charge on any atom is -0.497 e. The van der Waals surface area contributed by atoms with Gasteiger partial charge in [0.25, 0.3) is 10.0 Å². The lowest BCUT2D eigenvalue weighted by molar-refractivity contribution is -0.139. The van der Waals surface area contributed by atoms with Crippen LogP contribution in [0.1, 0.15) is 31.9 Å². The minimum atomic E-state index is -4.07. The molecule has 0 bridgehead atoms. The summed E-state index contributed by atoms with van der Waals surface area (Å²) in [6, 6.07) is 21.1. The third kappa shape index (κ3) is 7.13. The standard InChI is InChI=1S/C29H35N3O5S/c1-21(2)30-29(34)23(4)31(19-24-13-17-26(37-5)18-14-24)28(33)20-32(25-15-11-22(3)12-16-25)38(35,36)27-9-7-6-8-10-27/h6-18,21,23H,19-20H2,1-5H3,(H,30,34). The number of carbonyl (C=O) groups is 2. The normalized spacial score (nSPS) is 12.1. The van der Waals surface area contributed by atoms with E-state index in [1.165, 1.54) is 17.0 Å². The summed E-state index contributed by atoms with van der Waals surface area (Å²) in [5.74, 6) is -0.168. The van der Waals surface area contributed by atoms with Gasteiger partial charge in [0.1, 0.15) is 18.3 Å². The smallest absolute Gasteiger partial charge is 0.264 e. The van der Waals surface area contributed by atoms with E-state index in [0.29, 0.717) is 11.4 Å². The number of benzene rings is 3. The van der Waals surface area contributed by atoms with Crippen LogP contribution in [0.5, 0.6) is 5.75 Å². The van der Waals surface area contributed by atoms with E-state index in [9.17, 15) is 18.0 Å². The quantitative estimate of drug-likeness (QED) is 0.397. The molecule has 0 radical (unpaired) electrons. The molecule has 3 aromatic carbocycles. The molecule has 1 atom stereocenters. The number of ether oxygens (including phenoxy) is 1. The largest absolute Gasteiger partial charge is 0.497 e. The molecule has 202 valence electrons. The number of sulfonamides is 1. The Hall–Kier alpha value is -3.85. The molecule has 0 saturated heterocycles. The Morgan fingerprint density at radius 2 is 1.50 bits per heavy atom. The fourth-order valence-corrected chi connectivity index (χ4v) is 5.31. The van der Waals surface area contributed by atoms with E-state index in [-0.39, 0.29) is 23.4 Å². The van der Waals surface area contributed by atoms with Crippen molar-refractivity contribution in [3.8, 4) is 5.75 Å². The molecule has 0 aromatic heterocycles. The van der Waals surface area contributed by atoms with E-state index >= 15 is 0 Å². The van der Waals surface area contributed by atoms with Crippen LogP contribution in [0.4, 0.5) is 5.69 Å². The monoisotopic (exact) mass is 537 g/mol. The van der Waals surface area contributed by atoms with Crippen LogP contribution >= 0.6 is 0 Å². The first-order valence-electron chi connectivity index (χ1n) is 12.4. The van der Waals surface area contributed by atoms with Crippen LogP contribution < -0.4 is 14.4 Å². The van der Waals surface area contributed by atoms with Crippen molar-refractivity contribution in [1.29, 1.82) is 0 Å². The van der Waals surface area contributed by atoms with E-state index < -0.39 is 28.5 Å². The summed E-state index contributed by atoms with van der Waals surface area (Å²) in [5.41, 5.74) is 2.09. The molecule has 0 aliphatic carbocycles. The van der Waals surface area contributed by atoms with Gasteiger partial charge in [-0.1, -0.05) is 48.0 Å². The first-order chi connectivity index (χ1) is 18.0. The molecule has 0 saturated carbocycles. The zero-order valence-electron chi connectivity index (χ0n) is 22.4. The van der Waals surface area contributed by atoms with Crippen LogP contribution in [-0.4, -0.2) is 50.9 Å². The summed E-state index contributed by atoms with van der Waals surface area (Å²) >= 11 is 0. The molecule has 0 aliphatic rings. The van der Waals surface area contributed by atoms with Crippen molar-refractivity contribution >= 4 is 27.5 Å². The molecule has 0 aliphatic heterocycles. The molecule has 0 heterocycles. The summed E-state index contributed by atoms with van der Waals surface area (Å²) in [6.07, 6.45) is 0. The lowest BCUT2D eigenvalue weighted by Crippen LogP contribution is -2.52. The Balaban J connectivity index is 2.00. The van der Waals surface area contributed by atoms with E-state index in [2.05, 4.69) is 5.32 Å². The molecular formula is C29H35N3O5S. The number of hydrogen-bond donors (Lipinski definition) is 1. The van der Waals surface area contributed by atoms with Crippen LogP contribution in [0.25, 0.3) is 0 Å². The molecule has 38 heavy (non-hydrogen) atoms. The van der Waals surface area contributed by atoms with E-state index in [1.807, 2.05) is 32.9 Å². The molecule has 9 heteroatoms. The molecule has 3 aromatic rings. The van der Waals surface area contributed by atoms with Gasteiger partial charge < -0.3 is 15.0 Å². The highest BCUT2D eigenvalue weighted by atomic mass is 32.2. The van der Waals surface area contributed by atoms with Crippen LogP contribution in [-0.2, 0) is 26.2 Å². The Kier molecular flexibility index (Phi) is 9.52.